The molecule has 0 spiro atoms. The van der Waals surface area contributed by atoms with Gasteiger partial charge >= 0.3 is 0 Å². The summed E-state index contributed by atoms with van der Waals surface area (Å²) < 4.78 is 0. The van der Waals surface area contributed by atoms with E-state index in [1.165, 1.54) is 6.33 Å². The lowest BCUT2D eigenvalue weighted by atomic mass is 10.2. The van der Waals surface area contributed by atoms with Crippen LogP contribution in [0.5, 0.6) is 0 Å². The number of nitrogens with one attached hydrogen (secondary N) is 3. The Morgan fingerprint density at radius 2 is 1.69 bits per heavy atom. The maximum Gasteiger partial charge on any atom is 0.269 e. The van der Waals surface area contributed by atoms with Gasteiger partial charge in [0.25, 0.3) is 5.91 Å². The summed E-state index contributed by atoms with van der Waals surface area (Å²) in [7, 11) is 0. The average molecular weight is 389 g/mol. The number of nitrogens with two attached hydrogens (primary N) is 1. The molecule has 1 aromatic heterocycles. The second-order valence-corrected chi connectivity index (χ2v) is 6.08. The number of benzene rings is 2. The maximum atomic E-state index is 12.1. The van der Waals surface area contributed by atoms with E-state index >= 15 is 0 Å². The van der Waals surface area contributed by atoms with Gasteiger partial charge in [-0.05, 0) is 42.5 Å². The fourth-order valence-corrected chi connectivity index (χ4v) is 2.40. The van der Waals surface area contributed by atoms with Crippen LogP contribution < -0.4 is 21.9 Å². The number of nitrogens with zero attached hydrogens (tertiary/aromatic N) is 2. The van der Waals surface area contributed by atoms with Crippen molar-refractivity contribution in [2.24, 2.45) is 0 Å². The number of halogens is 2. The topological polar surface area (TPSA) is 105 Å². The van der Waals surface area contributed by atoms with Crippen LogP contribution in [0.15, 0.2) is 54.9 Å². The van der Waals surface area contributed by atoms with Gasteiger partial charge in [-0.25, -0.2) is 9.97 Å². The highest BCUT2D eigenvalue weighted by Crippen LogP contribution is 2.26. The number of hydrogen-bond acceptors (Lipinski definition) is 6. The molecule has 132 valence electrons. The average Bonchev–Trinajstić information content (AvgIpc) is 2.63. The number of carbonyl (C=O) groups is 1. The maximum absolute atomic E-state index is 12.1. The molecule has 5 N–H and O–H groups in total. The normalized spacial score (nSPS) is 10.2. The predicted molar refractivity (Wildman–Crippen MR) is 104 cm³/mol. The highest BCUT2D eigenvalue weighted by atomic mass is 35.5. The SMILES string of the molecule is Nc1c(NNC(=O)c2ccc(Cl)cc2)ncnc1Nc1cccc(Cl)c1. The van der Waals surface area contributed by atoms with Crippen molar-refractivity contribution in [3.63, 3.8) is 0 Å². The van der Waals surface area contributed by atoms with E-state index in [4.69, 9.17) is 28.9 Å². The number of rotatable bonds is 5. The summed E-state index contributed by atoms with van der Waals surface area (Å²) in [6, 6.07) is 13.6. The zero-order chi connectivity index (χ0) is 18.5. The molecule has 0 radical (unpaired) electrons. The van der Waals surface area contributed by atoms with E-state index in [1.807, 2.05) is 6.07 Å². The molecule has 0 aliphatic carbocycles. The predicted octanol–water partition coefficient (Wildman–Crippen LogP) is 3.87. The van der Waals surface area contributed by atoms with Crippen molar-refractivity contribution < 1.29 is 4.79 Å². The van der Waals surface area contributed by atoms with E-state index in [-0.39, 0.29) is 17.4 Å². The fraction of sp³-hybridized carbons (Fsp3) is 0. The summed E-state index contributed by atoms with van der Waals surface area (Å²) in [6.07, 6.45) is 1.32. The molecule has 0 bridgehead atoms. The first-order valence-electron chi connectivity index (χ1n) is 7.48. The Morgan fingerprint density at radius 1 is 0.962 bits per heavy atom. The lowest BCUT2D eigenvalue weighted by Gasteiger charge is -2.13. The minimum absolute atomic E-state index is 0.240. The Kier molecular flexibility index (Phi) is 5.40. The van der Waals surface area contributed by atoms with Gasteiger partial charge in [0, 0.05) is 21.3 Å². The van der Waals surface area contributed by atoms with E-state index in [9.17, 15) is 4.79 Å². The van der Waals surface area contributed by atoms with Crippen LogP contribution in [-0.2, 0) is 0 Å². The fourth-order valence-electron chi connectivity index (χ4n) is 2.09. The molecular formula is C17H14Cl2N6O. The van der Waals surface area contributed by atoms with E-state index < -0.39 is 0 Å². The summed E-state index contributed by atoms with van der Waals surface area (Å²) in [4.78, 5) is 20.3. The van der Waals surface area contributed by atoms with Crippen molar-refractivity contribution in [1.29, 1.82) is 0 Å². The number of hydrogen-bond donors (Lipinski definition) is 4. The van der Waals surface area contributed by atoms with Crippen LogP contribution in [0, 0.1) is 0 Å². The van der Waals surface area contributed by atoms with E-state index in [1.54, 1.807) is 42.5 Å². The number of hydrazine groups is 1. The third-order valence-electron chi connectivity index (χ3n) is 3.37. The number of anilines is 4. The quantitative estimate of drug-likeness (QED) is 0.494. The van der Waals surface area contributed by atoms with Crippen molar-refractivity contribution in [3.8, 4) is 0 Å². The lowest BCUT2D eigenvalue weighted by Crippen LogP contribution is -2.30. The molecule has 0 aliphatic heterocycles. The molecule has 0 saturated carbocycles. The minimum Gasteiger partial charge on any atom is -0.393 e. The van der Waals surface area contributed by atoms with Crippen LogP contribution in [0.25, 0.3) is 0 Å². The van der Waals surface area contributed by atoms with Crippen LogP contribution in [0.1, 0.15) is 10.4 Å². The van der Waals surface area contributed by atoms with Crippen LogP contribution in [0.4, 0.5) is 23.0 Å². The van der Waals surface area contributed by atoms with Gasteiger partial charge in [-0.15, -0.1) is 0 Å². The molecule has 9 heteroatoms. The van der Waals surface area contributed by atoms with Gasteiger partial charge in [-0.2, -0.15) is 0 Å². The summed E-state index contributed by atoms with van der Waals surface area (Å²) in [5.41, 5.74) is 12.7. The highest BCUT2D eigenvalue weighted by Gasteiger charge is 2.10. The van der Waals surface area contributed by atoms with Crippen molar-refractivity contribution in [2.45, 2.75) is 0 Å². The second-order valence-electron chi connectivity index (χ2n) is 5.21. The molecule has 0 fully saturated rings. The second kappa shape index (κ2) is 7.90. The van der Waals surface area contributed by atoms with Gasteiger partial charge in [-0.3, -0.25) is 15.6 Å². The minimum atomic E-state index is -0.357. The Bertz CT molecular complexity index is 933. The molecule has 0 unspecified atom stereocenters. The zero-order valence-electron chi connectivity index (χ0n) is 13.3. The number of aromatic nitrogens is 2. The number of carbonyl (C=O) groups excluding carboxylic acids is 1. The summed E-state index contributed by atoms with van der Waals surface area (Å²) in [5.74, 6) is 0.279. The van der Waals surface area contributed by atoms with Crippen molar-refractivity contribution in [2.75, 3.05) is 16.5 Å². The molecule has 1 amide bonds. The van der Waals surface area contributed by atoms with Gasteiger partial charge in [-0.1, -0.05) is 29.3 Å². The standard InChI is InChI=1S/C17H14Cl2N6O/c18-11-6-4-10(5-7-11)17(26)25-24-16-14(20)15(21-9-22-16)23-13-3-1-2-12(19)8-13/h1-9H,20H2,(H,25,26)(H2,21,22,23,24). The number of nitrogen functional groups attached to an aromatic ring is 1. The highest BCUT2D eigenvalue weighted by molar-refractivity contribution is 6.31. The first kappa shape index (κ1) is 17.8. The van der Waals surface area contributed by atoms with Crippen LogP contribution in [0.3, 0.4) is 0 Å². The summed E-state index contributed by atoms with van der Waals surface area (Å²) >= 11 is 11.8. The van der Waals surface area contributed by atoms with E-state index in [2.05, 4.69) is 26.1 Å². The van der Waals surface area contributed by atoms with Crippen molar-refractivity contribution in [1.82, 2.24) is 15.4 Å². The number of amides is 1. The molecular weight excluding hydrogens is 375 g/mol. The Balaban J connectivity index is 1.70. The molecule has 1 heterocycles. The Hall–Kier alpha value is -3.03. The van der Waals surface area contributed by atoms with Gasteiger partial charge in [0.05, 0.1) is 0 Å². The Labute approximate surface area is 159 Å². The molecule has 3 rings (SSSR count). The first-order chi connectivity index (χ1) is 12.5. The summed E-state index contributed by atoms with van der Waals surface area (Å²) in [6.45, 7) is 0. The largest absolute Gasteiger partial charge is 0.393 e. The smallest absolute Gasteiger partial charge is 0.269 e. The Morgan fingerprint density at radius 3 is 2.42 bits per heavy atom. The van der Waals surface area contributed by atoms with Gasteiger partial charge in [0.2, 0.25) is 0 Å². The molecule has 26 heavy (non-hydrogen) atoms. The molecule has 0 atom stereocenters. The summed E-state index contributed by atoms with van der Waals surface area (Å²) in [5, 5.41) is 4.18. The van der Waals surface area contributed by atoms with Crippen LogP contribution >= 0.6 is 23.2 Å². The van der Waals surface area contributed by atoms with Gasteiger partial charge in [0.15, 0.2) is 11.6 Å². The molecule has 0 aliphatic rings. The molecule has 3 aromatic rings. The monoisotopic (exact) mass is 388 g/mol. The van der Waals surface area contributed by atoms with Crippen molar-refractivity contribution >= 4 is 52.1 Å². The lowest BCUT2D eigenvalue weighted by molar-refractivity contribution is 0.0962. The first-order valence-corrected chi connectivity index (χ1v) is 8.23. The molecule has 7 nitrogen and oxygen atoms in total. The van der Waals surface area contributed by atoms with Crippen LogP contribution in [-0.4, -0.2) is 15.9 Å². The molecule has 0 saturated heterocycles. The third kappa shape index (κ3) is 4.33. The van der Waals surface area contributed by atoms with E-state index in [0.29, 0.717) is 21.4 Å². The van der Waals surface area contributed by atoms with E-state index in [0.717, 1.165) is 5.69 Å². The van der Waals surface area contributed by atoms with Gasteiger partial charge in [0.1, 0.15) is 12.0 Å². The van der Waals surface area contributed by atoms with Crippen LogP contribution in [0.2, 0.25) is 10.0 Å². The molecule has 2 aromatic carbocycles. The van der Waals surface area contributed by atoms with Gasteiger partial charge < -0.3 is 11.1 Å². The van der Waals surface area contributed by atoms with Crippen molar-refractivity contribution in [3.05, 3.63) is 70.5 Å². The third-order valence-corrected chi connectivity index (χ3v) is 3.86. The zero-order valence-corrected chi connectivity index (χ0v) is 14.8.